The summed E-state index contributed by atoms with van der Waals surface area (Å²) in [7, 11) is 0. The predicted molar refractivity (Wildman–Crippen MR) is 63.7 cm³/mol. The van der Waals surface area contributed by atoms with Crippen molar-refractivity contribution in [1.82, 2.24) is 10.6 Å². The first-order valence-corrected chi connectivity index (χ1v) is 4.62. The van der Waals surface area contributed by atoms with Crippen LogP contribution in [0.4, 0.5) is 0 Å². The molecule has 0 rings (SSSR count). The summed E-state index contributed by atoms with van der Waals surface area (Å²) in [6, 6.07) is 0. The molecule has 0 aliphatic heterocycles. The summed E-state index contributed by atoms with van der Waals surface area (Å²) in [4.78, 5) is 19.9. The molecule has 1 amide bonds. The summed E-state index contributed by atoms with van der Waals surface area (Å²) in [6.45, 7) is 10.8. The Kier molecular flexibility index (Phi) is 13.6. The van der Waals surface area contributed by atoms with Crippen molar-refractivity contribution in [3.63, 3.8) is 0 Å². The Morgan fingerprint density at radius 1 is 1.25 bits per heavy atom. The topological polar surface area (TPSA) is 78.4 Å². The van der Waals surface area contributed by atoms with Crippen molar-refractivity contribution < 1.29 is 14.7 Å². The van der Waals surface area contributed by atoms with Crippen LogP contribution in [0.5, 0.6) is 0 Å². The van der Waals surface area contributed by atoms with E-state index in [1.165, 1.54) is 0 Å². The lowest BCUT2D eigenvalue weighted by molar-refractivity contribution is -0.116. The number of hydrogen-bond acceptors (Lipinski definition) is 4. The van der Waals surface area contributed by atoms with Crippen LogP contribution in [-0.2, 0) is 9.59 Å². The van der Waals surface area contributed by atoms with E-state index in [1.54, 1.807) is 6.08 Å². The highest BCUT2D eigenvalue weighted by Gasteiger charge is 1.87. The Morgan fingerprint density at radius 2 is 1.88 bits per heavy atom. The number of nitrogens with one attached hydrogen (secondary N) is 2. The Morgan fingerprint density at radius 3 is 2.25 bits per heavy atom. The highest BCUT2D eigenvalue weighted by molar-refractivity contribution is 5.86. The van der Waals surface area contributed by atoms with Gasteiger partial charge in [0.2, 0.25) is 5.91 Å². The Balaban J connectivity index is 0. The third-order valence-electron chi connectivity index (χ3n) is 1.26. The number of aliphatic hydroxyl groups excluding tert-OH is 1. The second-order valence-electron chi connectivity index (χ2n) is 2.50. The van der Waals surface area contributed by atoms with Gasteiger partial charge in [-0.2, -0.15) is 0 Å². The first-order chi connectivity index (χ1) is 7.62. The maximum Gasteiger partial charge on any atom is 0.243 e. The fourth-order valence-electron chi connectivity index (χ4n) is 0.496. The maximum absolute atomic E-state index is 10.2. The zero-order valence-corrected chi connectivity index (χ0v) is 9.24. The second kappa shape index (κ2) is 13.1. The fourth-order valence-corrected chi connectivity index (χ4v) is 0.496. The van der Waals surface area contributed by atoms with Crippen LogP contribution in [0.2, 0.25) is 0 Å². The molecule has 0 radical (unpaired) electrons. The minimum absolute atomic E-state index is 0.0282. The molecule has 5 nitrogen and oxygen atoms in total. The number of carbonyl (C=O) groups is 2. The van der Waals surface area contributed by atoms with Crippen molar-refractivity contribution >= 4 is 12.2 Å². The summed E-state index contributed by atoms with van der Waals surface area (Å²) in [5.74, 6) is -0.251. The van der Waals surface area contributed by atoms with Gasteiger partial charge in [-0.25, -0.2) is 0 Å². The largest absolute Gasteiger partial charge is 0.395 e. The average Bonchev–Trinajstić information content (AvgIpc) is 2.33. The van der Waals surface area contributed by atoms with Gasteiger partial charge in [-0.05, 0) is 12.2 Å². The summed E-state index contributed by atoms with van der Waals surface area (Å²) < 4.78 is 0. The summed E-state index contributed by atoms with van der Waals surface area (Å²) in [5, 5.41) is 13.2. The van der Waals surface area contributed by atoms with Gasteiger partial charge in [0.15, 0.2) is 0 Å². The highest BCUT2D eigenvalue weighted by Crippen LogP contribution is 1.78. The van der Waals surface area contributed by atoms with Crippen molar-refractivity contribution in [2.24, 2.45) is 0 Å². The van der Waals surface area contributed by atoms with E-state index in [4.69, 9.17) is 5.11 Å². The molecular formula is C11H18N2O3. The summed E-state index contributed by atoms with van der Waals surface area (Å²) >= 11 is 0. The molecule has 0 aromatic rings. The second-order valence-corrected chi connectivity index (χ2v) is 2.50. The zero-order valence-electron chi connectivity index (χ0n) is 9.24. The molecule has 0 atom stereocenters. The molecule has 0 spiro atoms. The molecule has 16 heavy (non-hydrogen) atoms. The predicted octanol–water partition coefficient (Wildman–Crippen LogP) is -0.245. The van der Waals surface area contributed by atoms with E-state index in [0.29, 0.717) is 18.8 Å². The molecule has 0 saturated carbocycles. The van der Waals surface area contributed by atoms with Crippen LogP contribution < -0.4 is 10.6 Å². The minimum Gasteiger partial charge on any atom is -0.395 e. The van der Waals surface area contributed by atoms with E-state index in [2.05, 4.69) is 30.4 Å². The molecule has 0 fully saturated rings. The van der Waals surface area contributed by atoms with Gasteiger partial charge in [0.1, 0.15) is 6.29 Å². The molecule has 0 aromatic carbocycles. The zero-order chi connectivity index (χ0) is 12.8. The monoisotopic (exact) mass is 226 g/mol. The van der Waals surface area contributed by atoms with E-state index in [-0.39, 0.29) is 12.5 Å². The van der Waals surface area contributed by atoms with Crippen LogP contribution in [0.15, 0.2) is 37.6 Å². The summed E-state index contributed by atoms with van der Waals surface area (Å²) in [6.07, 6.45) is 3.49. The third-order valence-corrected chi connectivity index (χ3v) is 1.26. The molecule has 3 N–H and O–H groups in total. The normalized spacial score (nSPS) is 7.81. The van der Waals surface area contributed by atoms with Crippen molar-refractivity contribution in [3.05, 3.63) is 37.6 Å². The number of aliphatic hydroxyl groups is 1. The van der Waals surface area contributed by atoms with Gasteiger partial charge in [-0.1, -0.05) is 19.7 Å². The molecule has 0 aromatic heterocycles. The number of aldehydes is 1. The molecule has 90 valence electrons. The van der Waals surface area contributed by atoms with Crippen molar-refractivity contribution in [2.75, 3.05) is 19.7 Å². The standard InChI is InChI=1S/C6H9NO.C5H9NO2/c1-3-6(2)7-4-5-8;1-2-5(8)6-3-4-7/h3,5,7H,1-2,4H2;2,7H,1,3-4H2,(H,6,8). The van der Waals surface area contributed by atoms with E-state index >= 15 is 0 Å². The van der Waals surface area contributed by atoms with E-state index in [0.717, 1.165) is 12.4 Å². The van der Waals surface area contributed by atoms with Crippen LogP contribution in [0.25, 0.3) is 0 Å². The quantitative estimate of drug-likeness (QED) is 0.318. The van der Waals surface area contributed by atoms with Crippen LogP contribution in [0, 0.1) is 0 Å². The lowest BCUT2D eigenvalue weighted by Crippen LogP contribution is -2.23. The third kappa shape index (κ3) is 14.6. The lowest BCUT2D eigenvalue weighted by atomic mass is 10.5. The first-order valence-electron chi connectivity index (χ1n) is 4.62. The molecule has 0 aliphatic carbocycles. The average molecular weight is 226 g/mol. The highest BCUT2D eigenvalue weighted by atomic mass is 16.3. The van der Waals surface area contributed by atoms with Crippen LogP contribution >= 0.6 is 0 Å². The number of carbonyl (C=O) groups excluding carboxylic acids is 2. The van der Waals surface area contributed by atoms with Crippen LogP contribution in [0.3, 0.4) is 0 Å². The number of hydrogen-bond donors (Lipinski definition) is 3. The Hall–Kier alpha value is -1.88. The number of amides is 1. The molecule has 0 unspecified atom stereocenters. The van der Waals surface area contributed by atoms with Gasteiger partial charge >= 0.3 is 0 Å². The smallest absolute Gasteiger partial charge is 0.243 e. The molecule has 0 heterocycles. The van der Waals surface area contributed by atoms with Crippen LogP contribution in [0.1, 0.15) is 0 Å². The molecule has 5 heteroatoms. The number of allylic oxidation sites excluding steroid dienone is 1. The molecule has 0 saturated heterocycles. The number of rotatable bonds is 7. The minimum atomic E-state index is -0.251. The first kappa shape index (κ1) is 16.5. The Bertz CT molecular complexity index is 250. The SMILES string of the molecule is C=CC(=C)NCC=O.C=CC(=O)NCCO. The van der Waals surface area contributed by atoms with Crippen molar-refractivity contribution in [2.45, 2.75) is 0 Å². The molecular weight excluding hydrogens is 208 g/mol. The van der Waals surface area contributed by atoms with Crippen molar-refractivity contribution in [3.8, 4) is 0 Å². The van der Waals surface area contributed by atoms with Gasteiger partial charge in [0.25, 0.3) is 0 Å². The van der Waals surface area contributed by atoms with Gasteiger partial charge in [-0.3, -0.25) is 4.79 Å². The summed E-state index contributed by atoms with van der Waals surface area (Å²) in [5.41, 5.74) is 0.678. The van der Waals surface area contributed by atoms with E-state index < -0.39 is 0 Å². The van der Waals surface area contributed by atoms with Gasteiger partial charge in [0, 0.05) is 12.2 Å². The van der Waals surface area contributed by atoms with Gasteiger partial charge in [0.05, 0.1) is 13.2 Å². The van der Waals surface area contributed by atoms with E-state index in [9.17, 15) is 9.59 Å². The van der Waals surface area contributed by atoms with Gasteiger partial charge in [-0.15, -0.1) is 0 Å². The Labute approximate surface area is 95.5 Å². The molecule has 0 aliphatic rings. The molecule has 0 bridgehead atoms. The van der Waals surface area contributed by atoms with Gasteiger partial charge < -0.3 is 20.5 Å². The van der Waals surface area contributed by atoms with Crippen LogP contribution in [-0.4, -0.2) is 37.0 Å². The lowest BCUT2D eigenvalue weighted by Gasteiger charge is -1.96. The maximum atomic E-state index is 10.2. The van der Waals surface area contributed by atoms with Crippen molar-refractivity contribution in [1.29, 1.82) is 0 Å². The fraction of sp³-hybridized carbons (Fsp3) is 0.273. The van der Waals surface area contributed by atoms with E-state index in [1.807, 2.05) is 0 Å².